The highest BCUT2D eigenvalue weighted by Crippen LogP contribution is 2.29. The second-order valence-electron chi connectivity index (χ2n) is 4.15. The van der Waals surface area contributed by atoms with Gasteiger partial charge in [-0.05, 0) is 23.6 Å². The monoisotopic (exact) mass is 270 g/mol. The van der Waals surface area contributed by atoms with Gasteiger partial charge in [-0.25, -0.2) is 4.98 Å². The normalized spacial score (nSPS) is 10.6. The summed E-state index contributed by atoms with van der Waals surface area (Å²) < 4.78 is 5.38. The highest BCUT2D eigenvalue weighted by Gasteiger charge is 2.06. The van der Waals surface area contributed by atoms with E-state index in [1.165, 1.54) is 4.88 Å². The Labute approximate surface area is 115 Å². The van der Waals surface area contributed by atoms with Crippen LogP contribution in [0.25, 0.3) is 10.8 Å². The van der Waals surface area contributed by atoms with Crippen molar-refractivity contribution < 1.29 is 4.74 Å². The van der Waals surface area contributed by atoms with Crippen molar-refractivity contribution in [2.75, 3.05) is 12.4 Å². The fourth-order valence-corrected chi connectivity index (χ4v) is 2.73. The van der Waals surface area contributed by atoms with Gasteiger partial charge in [0.05, 0.1) is 13.7 Å². The number of nitrogens with zero attached hydrogens (tertiary/aromatic N) is 1. The Balaban J connectivity index is 1.95. The maximum absolute atomic E-state index is 5.38. The van der Waals surface area contributed by atoms with Gasteiger partial charge in [0, 0.05) is 21.8 Å². The molecular weight excluding hydrogens is 256 g/mol. The first-order valence-corrected chi connectivity index (χ1v) is 6.94. The first-order chi connectivity index (χ1) is 9.38. The van der Waals surface area contributed by atoms with Crippen LogP contribution in [0.15, 0.2) is 48.0 Å². The van der Waals surface area contributed by atoms with Crippen LogP contribution in [0.1, 0.15) is 4.88 Å². The van der Waals surface area contributed by atoms with Gasteiger partial charge in [-0.3, -0.25) is 0 Å². The quantitative estimate of drug-likeness (QED) is 0.780. The van der Waals surface area contributed by atoms with Crippen LogP contribution in [0.3, 0.4) is 0 Å². The van der Waals surface area contributed by atoms with Gasteiger partial charge in [0.15, 0.2) is 0 Å². The molecule has 0 aliphatic heterocycles. The minimum absolute atomic E-state index is 0.793. The van der Waals surface area contributed by atoms with E-state index >= 15 is 0 Å². The average molecular weight is 270 g/mol. The fourth-order valence-electron chi connectivity index (χ4n) is 2.08. The van der Waals surface area contributed by atoms with Crippen molar-refractivity contribution >= 4 is 27.9 Å². The molecule has 1 N–H and O–H groups in total. The van der Waals surface area contributed by atoms with Crippen molar-refractivity contribution in [2.24, 2.45) is 0 Å². The Hall–Kier alpha value is -2.07. The number of ether oxygens (including phenoxy) is 1. The Morgan fingerprint density at radius 2 is 2.11 bits per heavy atom. The van der Waals surface area contributed by atoms with Gasteiger partial charge in [-0.2, -0.15) is 0 Å². The second kappa shape index (κ2) is 5.28. The fraction of sp³-hybridized carbons (Fsp3) is 0.133. The van der Waals surface area contributed by atoms with Crippen LogP contribution in [0.5, 0.6) is 5.75 Å². The SMILES string of the molecule is COc1cccc2c(NCc3cccs3)nccc12. The Morgan fingerprint density at radius 3 is 2.89 bits per heavy atom. The number of nitrogens with one attached hydrogen (secondary N) is 1. The van der Waals surface area contributed by atoms with E-state index in [1.807, 2.05) is 24.4 Å². The lowest BCUT2D eigenvalue weighted by molar-refractivity contribution is 0.420. The van der Waals surface area contributed by atoms with E-state index in [-0.39, 0.29) is 0 Å². The number of pyridine rings is 1. The number of aromatic nitrogens is 1. The van der Waals surface area contributed by atoms with Gasteiger partial charge in [-0.15, -0.1) is 11.3 Å². The van der Waals surface area contributed by atoms with Crippen molar-refractivity contribution in [3.63, 3.8) is 0 Å². The molecule has 0 spiro atoms. The number of anilines is 1. The third-order valence-electron chi connectivity index (χ3n) is 3.00. The predicted molar refractivity (Wildman–Crippen MR) is 79.9 cm³/mol. The molecule has 0 unspecified atom stereocenters. The van der Waals surface area contributed by atoms with E-state index in [0.29, 0.717) is 0 Å². The van der Waals surface area contributed by atoms with Crippen LogP contribution in [-0.4, -0.2) is 12.1 Å². The molecule has 0 amide bonds. The van der Waals surface area contributed by atoms with Gasteiger partial charge in [-0.1, -0.05) is 18.2 Å². The van der Waals surface area contributed by atoms with Crippen molar-refractivity contribution in [2.45, 2.75) is 6.54 Å². The lowest BCUT2D eigenvalue weighted by Gasteiger charge is -2.10. The molecule has 0 bridgehead atoms. The second-order valence-corrected chi connectivity index (χ2v) is 5.18. The summed E-state index contributed by atoms with van der Waals surface area (Å²) in [4.78, 5) is 5.71. The largest absolute Gasteiger partial charge is 0.496 e. The highest BCUT2D eigenvalue weighted by molar-refractivity contribution is 7.09. The molecule has 0 aliphatic carbocycles. The third-order valence-corrected chi connectivity index (χ3v) is 3.87. The molecule has 0 radical (unpaired) electrons. The number of thiophene rings is 1. The van der Waals surface area contributed by atoms with E-state index in [1.54, 1.807) is 18.4 Å². The molecule has 1 aromatic carbocycles. The molecule has 3 nitrogen and oxygen atoms in total. The van der Waals surface area contributed by atoms with Crippen LogP contribution < -0.4 is 10.1 Å². The van der Waals surface area contributed by atoms with Gasteiger partial charge < -0.3 is 10.1 Å². The van der Waals surface area contributed by atoms with Crippen LogP contribution >= 0.6 is 11.3 Å². The van der Waals surface area contributed by atoms with Gasteiger partial charge in [0.25, 0.3) is 0 Å². The molecule has 19 heavy (non-hydrogen) atoms. The molecule has 3 rings (SSSR count). The lowest BCUT2D eigenvalue weighted by Crippen LogP contribution is -2.00. The van der Waals surface area contributed by atoms with Crippen molar-refractivity contribution in [1.82, 2.24) is 4.98 Å². The van der Waals surface area contributed by atoms with Crippen LogP contribution in [0.2, 0.25) is 0 Å². The maximum Gasteiger partial charge on any atom is 0.134 e. The zero-order chi connectivity index (χ0) is 13.1. The molecule has 2 heterocycles. The summed E-state index contributed by atoms with van der Waals surface area (Å²) in [6.45, 7) is 0.793. The summed E-state index contributed by atoms with van der Waals surface area (Å²) >= 11 is 1.74. The number of hydrogen-bond donors (Lipinski definition) is 1. The summed E-state index contributed by atoms with van der Waals surface area (Å²) in [5, 5.41) is 7.62. The Morgan fingerprint density at radius 1 is 1.16 bits per heavy atom. The summed E-state index contributed by atoms with van der Waals surface area (Å²) in [6, 6.07) is 12.2. The van der Waals surface area contributed by atoms with E-state index in [2.05, 4.69) is 33.9 Å². The first-order valence-electron chi connectivity index (χ1n) is 6.06. The Bertz CT molecular complexity index is 680. The predicted octanol–water partition coefficient (Wildman–Crippen LogP) is 3.92. The lowest BCUT2D eigenvalue weighted by atomic mass is 10.1. The number of benzene rings is 1. The third kappa shape index (κ3) is 2.39. The zero-order valence-electron chi connectivity index (χ0n) is 10.6. The van der Waals surface area contributed by atoms with Crippen molar-refractivity contribution in [1.29, 1.82) is 0 Å². The van der Waals surface area contributed by atoms with Crippen LogP contribution in [0, 0.1) is 0 Å². The molecule has 0 saturated heterocycles. The molecule has 0 fully saturated rings. The average Bonchev–Trinajstić information content (AvgIpc) is 2.97. The molecule has 3 aromatic rings. The number of rotatable bonds is 4. The van der Waals surface area contributed by atoms with Crippen molar-refractivity contribution in [3.8, 4) is 5.75 Å². The first kappa shape index (κ1) is 12.0. The summed E-state index contributed by atoms with van der Waals surface area (Å²) in [6.07, 6.45) is 1.81. The van der Waals surface area contributed by atoms with E-state index in [0.717, 1.165) is 28.9 Å². The number of methoxy groups -OCH3 is 1. The standard InChI is InChI=1S/C15H14N2OS/c1-18-14-6-2-5-13-12(14)7-8-16-15(13)17-10-11-4-3-9-19-11/h2-9H,10H2,1H3,(H,16,17). The van der Waals surface area contributed by atoms with E-state index in [9.17, 15) is 0 Å². The highest BCUT2D eigenvalue weighted by atomic mass is 32.1. The minimum Gasteiger partial charge on any atom is -0.496 e. The summed E-state index contributed by atoms with van der Waals surface area (Å²) in [7, 11) is 1.69. The summed E-state index contributed by atoms with van der Waals surface area (Å²) in [5.41, 5.74) is 0. The molecule has 96 valence electrons. The van der Waals surface area contributed by atoms with Crippen LogP contribution in [0.4, 0.5) is 5.82 Å². The minimum atomic E-state index is 0.793. The van der Waals surface area contributed by atoms with Crippen molar-refractivity contribution in [3.05, 3.63) is 52.9 Å². The van der Waals surface area contributed by atoms with Gasteiger partial charge in [0.1, 0.15) is 11.6 Å². The van der Waals surface area contributed by atoms with Crippen LogP contribution in [-0.2, 0) is 6.54 Å². The summed E-state index contributed by atoms with van der Waals surface area (Å²) in [5.74, 6) is 1.77. The van der Waals surface area contributed by atoms with E-state index < -0.39 is 0 Å². The molecule has 2 aromatic heterocycles. The molecule has 0 aliphatic rings. The van der Waals surface area contributed by atoms with Gasteiger partial charge in [0.2, 0.25) is 0 Å². The van der Waals surface area contributed by atoms with E-state index in [4.69, 9.17) is 4.74 Å². The molecule has 0 saturated carbocycles. The number of fused-ring (bicyclic) bond motifs is 1. The van der Waals surface area contributed by atoms with Gasteiger partial charge >= 0.3 is 0 Å². The zero-order valence-corrected chi connectivity index (χ0v) is 11.4. The Kier molecular flexibility index (Phi) is 3.33. The smallest absolute Gasteiger partial charge is 0.134 e. The molecule has 4 heteroatoms. The topological polar surface area (TPSA) is 34.1 Å². The number of hydrogen-bond acceptors (Lipinski definition) is 4. The molecular formula is C15H14N2OS. The maximum atomic E-state index is 5.38. The molecule has 0 atom stereocenters.